The van der Waals surface area contributed by atoms with Crippen LogP contribution in [0.5, 0.6) is 0 Å². The Bertz CT molecular complexity index is 194. The van der Waals surface area contributed by atoms with E-state index in [1.807, 2.05) is 6.92 Å². The van der Waals surface area contributed by atoms with E-state index in [2.05, 4.69) is 20.8 Å². The van der Waals surface area contributed by atoms with Gasteiger partial charge in [-0.25, -0.2) is 4.79 Å². The molecule has 0 atom stereocenters. The van der Waals surface area contributed by atoms with Crippen LogP contribution in [0.25, 0.3) is 0 Å². The smallest absolute Gasteiger partial charge is 0.332 e. The lowest BCUT2D eigenvalue weighted by Crippen LogP contribution is -2.13. The maximum atomic E-state index is 11.1. The molecule has 0 saturated heterocycles. The van der Waals surface area contributed by atoms with Gasteiger partial charge in [-0.1, -0.05) is 40.0 Å². The lowest BCUT2D eigenvalue weighted by Gasteiger charge is -2.17. The van der Waals surface area contributed by atoms with Crippen LogP contribution in [0.2, 0.25) is 0 Å². The molecular weight excluding hydrogens is 216 g/mol. The monoisotopic (exact) mass is 244 g/mol. The second-order valence-electron chi connectivity index (χ2n) is 5.58. The van der Waals surface area contributed by atoms with Crippen molar-refractivity contribution >= 4 is 5.97 Å². The van der Waals surface area contributed by atoms with E-state index in [9.17, 15) is 4.79 Å². The lowest BCUT2D eigenvalue weighted by molar-refractivity contribution is -0.148. The Balaban J connectivity index is 3.21. The highest BCUT2D eigenvalue weighted by Gasteiger charge is 2.08. The van der Waals surface area contributed by atoms with E-state index < -0.39 is 0 Å². The van der Waals surface area contributed by atoms with Gasteiger partial charge in [0.05, 0.1) is 6.61 Å². The SMILES string of the molecule is CCOCC(=O)OCCCCCCC(C)(C)C. The van der Waals surface area contributed by atoms with Gasteiger partial charge in [0.2, 0.25) is 0 Å². The Labute approximate surface area is 106 Å². The van der Waals surface area contributed by atoms with Crippen molar-refractivity contribution < 1.29 is 14.3 Å². The summed E-state index contributed by atoms with van der Waals surface area (Å²) in [4.78, 5) is 11.1. The number of rotatable bonds is 9. The topological polar surface area (TPSA) is 35.5 Å². The molecule has 0 saturated carbocycles. The summed E-state index contributed by atoms with van der Waals surface area (Å²) in [5, 5.41) is 0. The Hall–Kier alpha value is -0.570. The Morgan fingerprint density at radius 2 is 1.71 bits per heavy atom. The fourth-order valence-electron chi connectivity index (χ4n) is 1.52. The summed E-state index contributed by atoms with van der Waals surface area (Å²) < 4.78 is 9.98. The van der Waals surface area contributed by atoms with Gasteiger partial charge >= 0.3 is 5.97 Å². The molecule has 0 aliphatic heterocycles. The standard InChI is InChI=1S/C14H28O3/c1-5-16-12-13(15)17-11-9-7-6-8-10-14(2,3)4/h5-12H2,1-4H3. The molecule has 3 heteroatoms. The second kappa shape index (κ2) is 9.46. The van der Waals surface area contributed by atoms with Gasteiger partial charge in [0.1, 0.15) is 6.61 Å². The van der Waals surface area contributed by atoms with Crippen molar-refractivity contribution in [2.24, 2.45) is 5.41 Å². The van der Waals surface area contributed by atoms with Crippen molar-refractivity contribution in [3.05, 3.63) is 0 Å². The largest absolute Gasteiger partial charge is 0.464 e. The highest BCUT2D eigenvalue weighted by molar-refractivity contribution is 5.70. The normalized spacial score (nSPS) is 11.5. The molecule has 0 unspecified atom stereocenters. The summed E-state index contributed by atoms with van der Waals surface area (Å²) in [6.45, 7) is 9.83. The molecule has 0 aromatic carbocycles. The highest BCUT2D eigenvalue weighted by Crippen LogP contribution is 2.22. The number of esters is 1. The summed E-state index contributed by atoms with van der Waals surface area (Å²) in [5.74, 6) is -0.249. The molecule has 0 rings (SSSR count). The average Bonchev–Trinajstić information content (AvgIpc) is 2.23. The van der Waals surface area contributed by atoms with Crippen LogP contribution in [0.1, 0.15) is 59.8 Å². The van der Waals surface area contributed by atoms with Gasteiger partial charge in [0, 0.05) is 6.61 Å². The molecule has 0 fully saturated rings. The van der Waals surface area contributed by atoms with Gasteiger partial charge in [0.15, 0.2) is 0 Å². The van der Waals surface area contributed by atoms with E-state index >= 15 is 0 Å². The van der Waals surface area contributed by atoms with E-state index in [4.69, 9.17) is 9.47 Å². The number of carbonyl (C=O) groups excluding carboxylic acids is 1. The summed E-state index contributed by atoms with van der Waals surface area (Å²) >= 11 is 0. The first kappa shape index (κ1) is 16.4. The summed E-state index contributed by atoms with van der Waals surface area (Å²) in [6, 6.07) is 0. The molecule has 0 radical (unpaired) electrons. The molecule has 17 heavy (non-hydrogen) atoms. The molecule has 102 valence electrons. The first-order chi connectivity index (χ1) is 7.95. The number of carbonyl (C=O) groups is 1. The third-order valence-electron chi connectivity index (χ3n) is 2.51. The molecule has 0 aliphatic rings. The average molecular weight is 244 g/mol. The summed E-state index contributed by atoms with van der Waals surface area (Å²) in [5.41, 5.74) is 0.434. The second-order valence-corrected chi connectivity index (χ2v) is 5.58. The molecule has 0 spiro atoms. The predicted octanol–water partition coefficient (Wildman–Crippen LogP) is 3.56. The van der Waals surface area contributed by atoms with Crippen LogP contribution in [0.3, 0.4) is 0 Å². The third kappa shape index (κ3) is 13.4. The zero-order chi connectivity index (χ0) is 13.1. The maximum Gasteiger partial charge on any atom is 0.332 e. The van der Waals surface area contributed by atoms with E-state index in [0.717, 1.165) is 12.8 Å². The van der Waals surface area contributed by atoms with Crippen molar-refractivity contribution in [2.45, 2.75) is 59.8 Å². The van der Waals surface area contributed by atoms with Crippen molar-refractivity contribution in [1.29, 1.82) is 0 Å². The minimum atomic E-state index is -0.249. The molecule has 0 N–H and O–H groups in total. The van der Waals surface area contributed by atoms with Crippen LogP contribution in [0, 0.1) is 5.41 Å². The predicted molar refractivity (Wildman–Crippen MR) is 70.0 cm³/mol. The van der Waals surface area contributed by atoms with Crippen molar-refractivity contribution in [3.8, 4) is 0 Å². The van der Waals surface area contributed by atoms with Crippen LogP contribution in [0.4, 0.5) is 0 Å². The zero-order valence-corrected chi connectivity index (χ0v) is 11.9. The number of hydrogen-bond donors (Lipinski definition) is 0. The van der Waals surface area contributed by atoms with Crippen LogP contribution in [0.15, 0.2) is 0 Å². The van der Waals surface area contributed by atoms with E-state index in [1.54, 1.807) is 0 Å². The van der Waals surface area contributed by atoms with E-state index in [1.165, 1.54) is 19.3 Å². The molecule has 3 nitrogen and oxygen atoms in total. The fourth-order valence-corrected chi connectivity index (χ4v) is 1.52. The van der Waals surface area contributed by atoms with Crippen LogP contribution in [-0.2, 0) is 14.3 Å². The molecule has 0 aromatic heterocycles. The van der Waals surface area contributed by atoms with Crippen molar-refractivity contribution in [1.82, 2.24) is 0 Å². The minimum Gasteiger partial charge on any atom is -0.464 e. The minimum absolute atomic E-state index is 0.0839. The van der Waals surface area contributed by atoms with Gasteiger partial charge in [-0.3, -0.25) is 0 Å². The maximum absolute atomic E-state index is 11.1. The number of hydrogen-bond acceptors (Lipinski definition) is 3. The molecule has 0 heterocycles. The Kier molecular flexibility index (Phi) is 9.14. The highest BCUT2D eigenvalue weighted by atomic mass is 16.6. The zero-order valence-electron chi connectivity index (χ0n) is 11.9. The molecule has 0 aliphatic carbocycles. The van der Waals surface area contributed by atoms with Gasteiger partial charge in [0.25, 0.3) is 0 Å². The molecule has 0 bridgehead atoms. The van der Waals surface area contributed by atoms with Gasteiger partial charge in [-0.05, 0) is 25.2 Å². The van der Waals surface area contributed by atoms with Gasteiger partial charge < -0.3 is 9.47 Å². The van der Waals surface area contributed by atoms with Crippen molar-refractivity contribution in [2.75, 3.05) is 19.8 Å². The lowest BCUT2D eigenvalue weighted by atomic mass is 9.89. The number of ether oxygens (including phenoxy) is 2. The first-order valence-electron chi connectivity index (χ1n) is 6.69. The van der Waals surface area contributed by atoms with Crippen LogP contribution >= 0.6 is 0 Å². The fraction of sp³-hybridized carbons (Fsp3) is 0.929. The summed E-state index contributed by atoms with van der Waals surface area (Å²) in [6.07, 6.45) is 5.84. The molecule has 0 aromatic rings. The van der Waals surface area contributed by atoms with Crippen LogP contribution < -0.4 is 0 Å². The molecular formula is C14H28O3. The third-order valence-corrected chi connectivity index (χ3v) is 2.51. The van der Waals surface area contributed by atoms with Crippen LogP contribution in [-0.4, -0.2) is 25.8 Å². The Morgan fingerprint density at radius 3 is 2.29 bits per heavy atom. The van der Waals surface area contributed by atoms with Gasteiger partial charge in [-0.2, -0.15) is 0 Å². The van der Waals surface area contributed by atoms with Gasteiger partial charge in [-0.15, -0.1) is 0 Å². The molecule has 0 amide bonds. The first-order valence-corrected chi connectivity index (χ1v) is 6.69. The summed E-state index contributed by atoms with van der Waals surface area (Å²) in [7, 11) is 0. The van der Waals surface area contributed by atoms with E-state index in [0.29, 0.717) is 18.6 Å². The Morgan fingerprint density at radius 1 is 1.06 bits per heavy atom. The number of unbranched alkanes of at least 4 members (excludes halogenated alkanes) is 3. The quantitative estimate of drug-likeness (QED) is 0.459. The van der Waals surface area contributed by atoms with E-state index in [-0.39, 0.29) is 12.6 Å². The van der Waals surface area contributed by atoms with Crippen molar-refractivity contribution in [3.63, 3.8) is 0 Å².